The van der Waals surface area contributed by atoms with Crippen LogP contribution in [0.3, 0.4) is 0 Å². The molecule has 4 rings (SSSR count). The Balaban J connectivity index is 1.53. The molecule has 0 radical (unpaired) electrons. The average molecular weight is 307 g/mol. The van der Waals surface area contributed by atoms with Gasteiger partial charge in [-0.05, 0) is 48.7 Å². The molecule has 4 atom stereocenters. The van der Waals surface area contributed by atoms with Crippen LogP contribution in [0.5, 0.6) is 0 Å². The summed E-state index contributed by atoms with van der Waals surface area (Å²) in [6.07, 6.45) is 12.6. The minimum atomic E-state index is 0.0639. The molecule has 1 fully saturated rings. The summed E-state index contributed by atoms with van der Waals surface area (Å²) in [7, 11) is 0. The van der Waals surface area contributed by atoms with Gasteiger partial charge in [0, 0.05) is 24.1 Å². The molecular weight excluding hydrogens is 282 g/mol. The van der Waals surface area contributed by atoms with Gasteiger partial charge in [0.25, 0.3) is 0 Å². The lowest BCUT2D eigenvalue weighted by Crippen LogP contribution is -2.48. The van der Waals surface area contributed by atoms with Gasteiger partial charge in [-0.1, -0.05) is 48.9 Å². The van der Waals surface area contributed by atoms with Crippen LogP contribution in [-0.2, 0) is 11.2 Å². The van der Waals surface area contributed by atoms with E-state index in [4.69, 9.17) is 0 Å². The second kappa shape index (κ2) is 6.35. The molecule has 0 aromatic heterocycles. The van der Waals surface area contributed by atoms with Crippen molar-refractivity contribution in [3.63, 3.8) is 0 Å². The average Bonchev–Trinajstić information content (AvgIpc) is 2.61. The first-order valence-corrected chi connectivity index (χ1v) is 8.99. The third-order valence-corrected chi connectivity index (χ3v) is 5.88. The zero-order valence-electron chi connectivity index (χ0n) is 13.6. The van der Waals surface area contributed by atoms with E-state index >= 15 is 0 Å². The predicted octanol–water partition coefficient (Wildman–Crippen LogP) is 4.04. The molecule has 2 nitrogen and oxygen atoms in total. The Morgan fingerprint density at radius 3 is 2.83 bits per heavy atom. The first-order chi connectivity index (χ1) is 11.3. The topological polar surface area (TPSA) is 29.1 Å². The molecule has 1 aromatic carbocycles. The quantitative estimate of drug-likeness (QED) is 0.854. The minimum absolute atomic E-state index is 0.0639. The molecule has 1 aliphatic heterocycles. The molecular formula is C21H25NO. The van der Waals surface area contributed by atoms with E-state index in [0.717, 1.165) is 18.6 Å². The number of fused-ring (bicyclic) bond motifs is 1. The lowest BCUT2D eigenvalue weighted by molar-refractivity contribution is -0.109. The third-order valence-electron chi connectivity index (χ3n) is 5.88. The zero-order valence-corrected chi connectivity index (χ0v) is 13.6. The van der Waals surface area contributed by atoms with Gasteiger partial charge in [0.15, 0.2) is 0 Å². The molecule has 0 spiro atoms. The van der Waals surface area contributed by atoms with E-state index in [2.05, 4.69) is 47.8 Å². The normalized spacial score (nSPS) is 32.7. The molecule has 2 unspecified atom stereocenters. The van der Waals surface area contributed by atoms with Crippen molar-refractivity contribution >= 4 is 6.29 Å². The van der Waals surface area contributed by atoms with Crippen LogP contribution in [0, 0.1) is 17.8 Å². The number of carbonyl (C=O) groups excluding carboxylic acids is 1. The van der Waals surface area contributed by atoms with Crippen molar-refractivity contribution in [3.8, 4) is 0 Å². The molecule has 3 aliphatic rings. The van der Waals surface area contributed by atoms with E-state index in [9.17, 15) is 4.79 Å². The minimum Gasteiger partial charge on any atom is -0.385 e. The van der Waals surface area contributed by atoms with Crippen LogP contribution < -0.4 is 5.32 Å². The van der Waals surface area contributed by atoms with Gasteiger partial charge in [-0.3, -0.25) is 0 Å². The second-order valence-corrected chi connectivity index (χ2v) is 7.38. The van der Waals surface area contributed by atoms with Crippen LogP contribution in [0.4, 0.5) is 0 Å². The van der Waals surface area contributed by atoms with Crippen molar-refractivity contribution in [1.29, 1.82) is 0 Å². The molecule has 0 bridgehead atoms. The fourth-order valence-corrected chi connectivity index (χ4v) is 4.69. The van der Waals surface area contributed by atoms with E-state index in [1.54, 1.807) is 0 Å². The van der Waals surface area contributed by atoms with Crippen molar-refractivity contribution in [2.45, 2.75) is 44.6 Å². The highest BCUT2D eigenvalue weighted by molar-refractivity contribution is 5.59. The standard InChI is InChI=1S/C21H25NO/c23-14-16-9-10-17-13-19-8-4-7-18(21(19)22-20(17)12-16)11-15-5-2-1-3-6-15/h1-3,5-6,9-10,14,16,18-19,21-22H,4,7-8,11-13H2/t16?,18?,19-,21-/m1/s1. The van der Waals surface area contributed by atoms with Gasteiger partial charge >= 0.3 is 0 Å². The number of carbonyl (C=O) groups is 1. The highest BCUT2D eigenvalue weighted by Crippen LogP contribution is 2.41. The molecule has 1 N–H and O–H groups in total. The summed E-state index contributed by atoms with van der Waals surface area (Å²) in [6.45, 7) is 0. The van der Waals surface area contributed by atoms with Gasteiger partial charge in [0.2, 0.25) is 0 Å². The van der Waals surface area contributed by atoms with Crippen molar-refractivity contribution < 1.29 is 4.79 Å². The number of hydrogen-bond donors (Lipinski definition) is 1. The molecule has 1 heterocycles. The number of benzene rings is 1. The van der Waals surface area contributed by atoms with E-state index in [1.807, 2.05) is 0 Å². The van der Waals surface area contributed by atoms with Crippen LogP contribution in [0.25, 0.3) is 0 Å². The summed E-state index contributed by atoms with van der Waals surface area (Å²) in [6, 6.07) is 11.5. The van der Waals surface area contributed by atoms with E-state index in [-0.39, 0.29) is 5.92 Å². The first-order valence-electron chi connectivity index (χ1n) is 8.99. The third kappa shape index (κ3) is 2.99. The molecule has 120 valence electrons. The van der Waals surface area contributed by atoms with E-state index in [0.29, 0.717) is 12.0 Å². The molecule has 0 amide bonds. The van der Waals surface area contributed by atoms with Gasteiger partial charge in [-0.15, -0.1) is 0 Å². The summed E-state index contributed by atoms with van der Waals surface area (Å²) in [5.74, 6) is 1.54. The van der Waals surface area contributed by atoms with E-state index < -0.39 is 0 Å². The number of hydrogen-bond acceptors (Lipinski definition) is 2. The summed E-state index contributed by atoms with van der Waals surface area (Å²) >= 11 is 0. The van der Waals surface area contributed by atoms with E-state index in [1.165, 1.54) is 48.9 Å². The molecule has 1 aromatic rings. The second-order valence-electron chi connectivity index (χ2n) is 7.38. The number of allylic oxidation sites excluding steroid dienone is 4. The number of nitrogens with one attached hydrogen (secondary N) is 1. The lowest BCUT2D eigenvalue weighted by Gasteiger charge is -2.45. The predicted molar refractivity (Wildman–Crippen MR) is 92.9 cm³/mol. The zero-order chi connectivity index (χ0) is 15.6. The number of aldehydes is 1. The summed E-state index contributed by atoms with van der Waals surface area (Å²) < 4.78 is 0. The maximum atomic E-state index is 11.1. The van der Waals surface area contributed by atoms with Gasteiger partial charge in [-0.2, -0.15) is 0 Å². The van der Waals surface area contributed by atoms with Crippen LogP contribution >= 0.6 is 0 Å². The summed E-state index contributed by atoms with van der Waals surface area (Å²) in [5, 5.41) is 3.86. The maximum Gasteiger partial charge on any atom is 0.127 e. The smallest absolute Gasteiger partial charge is 0.127 e. The molecule has 2 heteroatoms. The first kappa shape index (κ1) is 14.7. The Kier molecular flexibility index (Phi) is 4.07. The lowest BCUT2D eigenvalue weighted by atomic mass is 9.69. The fourth-order valence-electron chi connectivity index (χ4n) is 4.69. The Bertz CT molecular complexity index is 631. The molecule has 2 aliphatic carbocycles. The Hall–Kier alpha value is -1.83. The van der Waals surface area contributed by atoms with Crippen LogP contribution in [0.15, 0.2) is 53.8 Å². The van der Waals surface area contributed by atoms with Crippen LogP contribution in [0.1, 0.15) is 37.7 Å². The monoisotopic (exact) mass is 307 g/mol. The Labute approximate surface area is 138 Å². The number of rotatable bonds is 3. The molecule has 1 saturated carbocycles. The summed E-state index contributed by atoms with van der Waals surface area (Å²) in [5.41, 5.74) is 4.24. The maximum absolute atomic E-state index is 11.1. The largest absolute Gasteiger partial charge is 0.385 e. The molecule has 23 heavy (non-hydrogen) atoms. The Morgan fingerprint density at radius 2 is 2.00 bits per heavy atom. The van der Waals surface area contributed by atoms with Gasteiger partial charge in [0.05, 0.1) is 0 Å². The van der Waals surface area contributed by atoms with Crippen molar-refractivity contribution in [2.75, 3.05) is 0 Å². The van der Waals surface area contributed by atoms with Gasteiger partial charge in [0.1, 0.15) is 6.29 Å². The van der Waals surface area contributed by atoms with Crippen molar-refractivity contribution in [1.82, 2.24) is 5.32 Å². The van der Waals surface area contributed by atoms with Crippen LogP contribution in [0.2, 0.25) is 0 Å². The van der Waals surface area contributed by atoms with Crippen molar-refractivity contribution in [2.24, 2.45) is 17.8 Å². The SMILES string of the molecule is O=CC1C=CC2=C(C1)N[C@@H]1C(Cc3ccccc3)CCC[C@@H]1C2. The molecule has 0 saturated heterocycles. The van der Waals surface area contributed by atoms with Gasteiger partial charge < -0.3 is 10.1 Å². The van der Waals surface area contributed by atoms with Crippen LogP contribution in [-0.4, -0.2) is 12.3 Å². The fraction of sp³-hybridized carbons (Fsp3) is 0.476. The van der Waals surface area contributed by atoms with Crippen molar-refractivity contribution in [3.05, 3.63) is 59.3 Å². The Morgan fingerprint density at radius 1 is 1.13 bits per heavy atom. The highest BCUT2D eigenvalue weighted by atomic mass is 16.1. The summed E-state index contributed by atoms with van der Waals surface area (Å²) in [4.78, 5) is 11.1. The van der Waals surface area contributed by atoms with Gasteiger partial charge in [-0.25, -0.2) is 0 Å². The highest BCUT2D eigenvalue weighted by Gasteiger charge is 2.37.